The van der Waals surface area contributed by atoms with Gasteiger partial charge in [-0.05, 0) is 51.4 Å². The van der Waals surface area contributed by atoms with E-state index in [2.05, 4.69) is 74.6 Å². The molecule has 300 valence electrons. The van der Waals surface area contributed by atoms with Crippen LogP contribution in [0.5, 0.6) is 0 Å². The molecule has 0 fully saturated rings. The van der Waals surface area contributed by atoms with Gasteiger partial charge in [0.25, 0.3) is 0 Å². The maximum absolute atomic E-state index is 12.2. The van der Waals surface area contributed by atoms with E-state index in [1.165, 1.54) is 116 Å². The minimum atomic E-state index is -0.801. The van der Waals surface area contributed by atoms with E-state index in [0.29, 0.717) is 12.8 Å². The van der Waals surface area contributed by atoms with Crippen LogP contribution in [0.3, 0.4) is 0 Å². The average molecular weight is 727 g/mol. The Labute approximate surface area is 321 Å². The molecule has 0 saturated heterocycles. The van der Waals surface area contributed by atoms with E-state index in [-0.39, 0.29) is 31.6 Å². The Bertz CT molecular complexity index is 915. The molecule has 52 heavy (non-hydrogen) atoms. The summed E-state index contributed by atoms with van der Waals surface area (Å²) >= 11 is 0. The molecule has 0 aliphatic rings. The van der Waals surface area contributed by atoms with Gasteiger partial charge in [-0.15, -0.1) is 0 Å². The van der Waals surface area contributed by atoms with Gasteiger partial charge >= 0.3 is 11.9 Å². The highest BCUT2D eigenvalue weighted by Crippen LogP contribution is 2.15. The molecule has 0 unspecified atom stereocenters. The zero-order valence-corrected chi connectivity index (χ0v) is 34.1. The van der Waals surface area contributed by atoms with Crippen LogP contribution in [0.1, 0.15) is 206 Å². The fourth-order valence-corrected chi connectivity index (χ4v) is 6.06. The summed E-state index contributed by atoms with van der Waals surface area (Å²) in [6.07, 6.45) is 55.9. The molecule has 1 atom stereocenters. The fraction of sp³-hybridized carbons (Fsp3) is 0.745. The van der Waals surface area contributed by atoms with Gasteiger partial charge in [-0.2, -0.15) is 0 Å². The van der Waals surface area contributed by atoms with Crippen molar-refractivity contribution in [2.45, 2.75) is 213 Å². The second-order valence-corrected chi connectivity index (χ2v) is 14.4. The molecule has 5 heteroatoms. The maximum atomic E-state index is 12.2. The molecule has 0 aliphatic heterocycles. The fourth-order valence-electron chi connectivity index (χ4n) is 6.06. The minimum Gasteiger partial charge on any atom is -0.462 e. The average Bonchev–Trinajstić information content (AvgIpc) is 3.15. The number of esters is 2. The van der Waals surface area contributed by atoms with E-state index < -0.39 is 6.10 Å². The number of carbonyl (C=O) groups is 2. The zero-order valence-electron chi connectivity index (χ0n) is 34.1. The van der Waals surface area contributed by atoms with Crippen molar-refractivity contribution in [2.24, 2.45) is 0 Å². The molecule has 0 aromatic rings. The molecular formula is C47H82O5. The molecule has 0 amide bonds. The topological polar surface area (TPSA) is 72.8 Å². The van der Waals surface area contributed by atoms with Crippen LogP contribution in [-0.4, -0.2) is 36.4 Å². The number of aliphatic hydroxyl groups excluding tert-OH is 1. The van der Waals surface area contributed by atoms with Gasteiger partial charge in [0.1, 0.15) is 6.61 Å². The molecule has 0 radical (unpaired) electrons. The SMILES string of the molecule is CC/C=C\C/C=C\C/C=C\C/C=C\C/C=C\CCCC(=O)O[C@@H](CO)COC(=O)CCCCCCCCCCCCCCCCCCCCCCC. The number of carbonyl (C=O) groups excluding carboxylic acids is 2. The van der Waals surface area contributed by atoms with Crippen LogP contribution >= 0.6 is 0 Å². The second kappa shape index (κ2) is 43.0. The highest BCUT2D eigenvalue weighted by Gasteiger charge is 2.16. The van der Waals surface area contributed by atoms with Crippen molar-refractivity contribution in [3.63, 3.8) is 0 Å². The standard InChI is InChI=1S/C47H82O5/c1-3-5-7-9-11-13-15-17-19-21-22-23-24-26-27-29-31-33-35-37-39-41-46(49)51-44-45(43-48)52-47(50)42-40-38-36-34-32-30-28-25-20-18-16-14-12-10-8-6-4-2/h6,8,12,14,18,20,28,30,34,36,45,48H,3-5,7,9-11,13,15-17,19,21-27,29,31-33,35,37-44H2,1-2H3/b8-6-,14-12-,20-18-,30-28-,36-34-/t45-/m0/s1. The Morgan fingerprint density at radius 1 is 0.462 bits per heavy atom. The molecule has 0 bridgehead atoms. The molecule has 0 saturated carbocycles. The summed E-state index contributed by atoms with van der Waals surface area (Å²) in [6, 6.07) is 0. The van der Waals surface area contributed by atoms with Crippen LogP contribution in [0, 0.1) is 0 Å². The third-order valence-corrected chi connectivity index (χ3v) is 9.33. The predicted octanol–water partition coefficient (Wildman–Crippen LogP) is 14.0. The van der Waals surface area contributed by atoms with Crippen molar-refractivity contribution in [2.75, 3.05) is 13.2 Å². The van der Waals surface area contributed by atoms with Crippen LogP contribution in [0.15, 0.2) is 60.8 Å². The summed E-state index contributed by atoms with van der Waals surface area (Å²) in [6.45, 7) is 3.99. The monoisotopic (exact) mass is 727 g/mol. The van der Waals surface area contributed by atoms with Gasteiger partial charge in [-0.25, -0.2) is 0 Å². The normalized spacial score (nSPS) is 12.8. The first kappa shape index (κ1) is 49.6. The van der Waals surface area contributed by atoms with Gasteiger partial charge in [-0.1, -0.05) is 203 Å². The molecule has 5 nitrogen and oxygen atoms in total. The number of unbranched alkanes of at least 4 members (excludes halogenated alkanes) is 21. The van der Waals surface area contributed by atoms with Crippen LogP contribution in [0.2, 0.25) is 0 Å². The molecule has 0 rings (SSSR count). The lowest BCUT2D eigenvalue weighted by Crippen LogP contribution is -2.28. The van der Waals surface area contributed by atoms with Gasteiger partial charge in [0, 0.05) is 12.8 Å². The van der Waals surface area contributed by atoms with Crippen molar-refractivity contribution in [1.29, 1.82) is 0 Å². The molecule has 0 heterocycles. The highest BCUT2D eigenvalue weighted by molar-refractivity contribution is 5.70. The van der Waals surface area contributed by atoms with Crippen molar-refractivity contribution in [1.82, 2.24) is 0 Å². The van der Waals surface area contributed by atoms with E-state index in [9.17, 15) is 14.7 Å². The first-order valence-electron chi connectivity index (χ1n) is 21.8. The summed E-state index contributed by atoms with van der Waals surface area (Å²) in [7, 11) is 0. The van der Waals surface area contributed by atoms with Crippen LogP contribution < -0.4 is 0 Å². The summed E-state index contributed by atoms with van der Waals surface area (Å²) in [5, 5.41) is 9.57. The van der Waals surface area contributed by atoms with Crippen molar-refractivity contribution in [3.8, 4) is 0 Å². The highest BCUT2D eigenvalue weighted by atomic mass is 16.6. The van der Waals surface area contributed by atoms with Crippen molar-refractivity contribution < 1.29 is 24.2 Å². The number of aliphatic hydroxyl groups is 1. The maximum Gasteiger partial charge on any atom is 0.306 e. The van der Waals surface area contributed by atoms with Gasteiger partial charge in [0.2, 0.25) is 0 Å². The number of hydrogen-bond donors (Lipinski definition) is 1. The van der Waals surface area contributed by atoms with E-state index >= 15 is 0 Å². The quantitative estimate of drug-likeness (QED) is 0.0388. The first-order valence-corrected chi connectivity index (χ1v) is 21.8. The smallest absolute Gasteiger partial charge is 0.306 e. The molecule has 1 N–H and O–H groups in total. The predicted molar refractivity (Wildman–Crippen MR) is 223 cm³/mol. The van der Waals surface area contributed by atoms with Gasteiger partial charge < -0.3 is 14.6 Å². The van der Waals surface area contributed by atoms with Crippen molar-refractivity contribution >= 4 is 11.9 Å². The van der Waals surface area contributed by atoms with Crippen LogP contribution in [0.25, 0.3) is 0 Å². The van der Waals surface area contributed by atoms with Gasteiger partial charge in [0.05, 0.1) is 6.61 Å². The summed E-state index contributed by atoms with van der Waals surface area (Å²) < 4.78 is 10.6. The largest absolute Gasteiger partial charge is 0.462 e. The van der Waals surface area contributed by atoms with Gasteiger partial charge in [0.15, 0.2) is 6.10 Å². The Morgan fingerprint density at radius 3 is 1.23 bits per heavy atom. The third-order valence-electron chi connectivity index (χ3n) is 9.33. The molecule has 0 aliphatic carbocycles. The summed E-state index contributed by atoms with van der Waals surface area (Å²) in [5.74, 6) is -0.655. The number of ether oxygens (including phenoxy) is 2. The Kier molecular flexibility index (Phi) is 41.0. The lowest BCUT2D eigenvalue weighted by molar-refractivity contribution is -0.161. The zero-order chi connectivity index (χ0) is 37.8. The number of hydrogen-bond acceptors (Lipinski definition) is 5. The van der Waals surface area contributed by atoms with E-state index in [0.717, 1.165) is 57.8 Å². The lowest BCUT2D eigenvalue weighted by atomic mass is 10.0. The van der Waals surface area contributed by atoms with Crippen LogP contribution in [0.4, 0.5) is 0 Å². The molecule has 0 aromatic heterocycles. The summed E-state index contributed by atoms with van der Waals surface area (Å²) in [4.78, 5) is 24.3. The lowest BCUT2D eigenvalue weighted by Gasteiger charge is -2.15. The molecular weight excluding hydrogens is 645 g/mol. The number of allylic oxidation sites excluding steroid dienone is 10. The first-order chi connectivity index (χ1) is 25.6. The van der Waals surface area contributed by atoms with Gasteiger partial charge in [-0.3, -0.25) is 9.59 Å². The minimum absolute atomic E-state index is 0.0882. The van der Waals surface area contributed by atoms with Crippen molar-refractivity contribution in [3.05, 3.63) is 60.8 Å². The van der Waals surface area contributed by atoms with Crippen LogP contribution in [-0.2, 0) is 19.1 Å². The van der Waals surface area contributed by atoms with E-state index in [1.807, 2.05) is 0 Å². The summed E-state index contributed by atoms with van der Waals surface area (Å²) in [5.41, 5.74) is 0. The van der Waals surface area contributed by atoms with E-state index in [1.54, 1.807) is 0 Å². The Hall–Kier alpha value is -2.40. The van der Waals surface area contributed by atoms with E-state index in [4.69, 9.17) is 9.47 Å². The Balaban J connectivity index is 3.58. The second-order valence-electron chi connectivity index (χ2n) is 14.4. The Morgan fingerprint density at radius 2 is 0.827 bits per heavy atom. The number of rotatable bonds is 39. The third kappa shape index (κ3) is 40.4. The molecule has 0 spiro atoms. The molecule has 0 aromatic carbocycles.